The molecule has 6 nitrogen and oxygen atoms in total. The Balaban J connectivity index is 1.64. The van der Waals surface area contributed by atoms with Crippen molar-refractivity contribution < 1.29 is 19.1 Å². The maximum atomic E-state index is 12.7. The molecule has 0 spiro atoms. The number of ether oxygens (including phenoxy) is 1. The molecule has 0 unspecified atom stereocenters. The standard InChI is InChI=1S/C22H30N2O4/c1-14-8-6-10-18(15(14)2)23-21(26)16(3)28-22(27)17-9-4-5-11-19(17)24-13-7-12-20(24)25/h4-5,9,11,14-16,18H,6-8,10,12-13H2,1-3H3,(H,23,26)/t14-,15+,16+,18-/m0/s1. The summed E-state index contributed by atoms with van der Waals surface area (Å²) in [6.45, 7) is 6.56. The van der Waals surface area contributed by atoms with Crippen molar-refractivity contribution in [3.63, 3.8) is 0 Å². The van der Waals surface area contributed by atoms with Crippen LogP contribution in [0, 0.1) is 11.8 Å². The van der Waals surface area contributed by atoms with Crippen LogP contribution in [0.15, 0.2) is 24.3 Å². The third-order valence-electron chi connectivity index (χ3n) is 6.18. The molecular formula is C22H30N2O4. The lowest BCUT2D eigenvalue weighted by Gasteiger charge is -2.35. The molecule has 0 bridgehead atoms. The van der Waals surface area contributed by atoms with Crippen molar-refractivity contribution in [2.45, 2.75) is 65.0 Å². The molecule has 6 heteroatoms. The van der Waals surface area contributed by atoms with Gasteiger partial charge in [0.2, 0.25) is 5.91 Å². The van der Waals surface area contributed by atoms with E-state index in [4.69, 9.17) is 4.74 Å². The van der Waals surface area contributed by atoms with Crippen molar-refractivity contribution >= 4 is 23.5 Å². The van der Waals surface area contributed by atoms with E-state index in [1.54, 1.807) is 36.1 Å². The van der Waals surface area contributed by atoms with Crippen LogP contribution in [0.1, 0.15) is 63.2 Å². The molecule has 0 aromatic heterocycles. The van der Waals surface area contributed by atoms with Crippen molar-refractivity contribution in [1.82, 2.24) is 5.32 Å². The molecule has 1 N–H and O–H groups in total. The van der Waals surface area contributed by atoms with E-state index in [1.165, 1.54) is 6.42 Å². The largest absolute Gasteiger partial charge is 0.449 e. The highest BCUT2D eigenvalue weighted by Crippen LogP contribution is 2.30. The number of hydrogen-bond donors (Lipinski definition) is 1. The van der Waals surface area contributed by atoms with Crippen LogP contribution in [0.2, 0.25) is 0 Å². The predicted octanol–water partition coefficient (Wildman–Crippen LogP) is 3.30. The van der Waals surface area contributed by atoms with Gasteiger partial charge in [-0.2, -0.15) is 0 Å². The first-order valence-electron chi connectivity index (χ1n) is 10.3. The number of hydrogen-bond acceptors (Lipinski definition) is 4. The molecule has 2 amide bonds. The van der Waals surface area contributed by atoms with Crippen molar-refractivity contribution in [3.05, 3.63) is 29.8 Å². The van der Waals surface area contributed by atoms with Crippen molar-refractivity contribution in [2.24, 2.45) is 11.8 Å². The summed E-state index contributed by atoms with van der Waals surface area (Å²) in [6, 6.07) is 7.02. The number of carbonyl (C=O) groups is 3. The summed E-state index contributed by atoms with van der Waals surface area (Å²) in [5, 5.41) is 3.05. The first-order chi connectivity index (χ1) is 13.4. The van der Waals surface area contributed by atoms with Crippen LogP contribution in [0.5, 0.6) is 0 Å². The fourth-order valence-electron chi connectivity index (χ4n) is 4.15. The lowest BCUT2D eigenvalue weighted by molar-refractivity contribution is -0.130. The van der Waals surface area contributed by atoms with Gasteiger partial charge in [-0.3, -0.25) is 9.59 Å². The van der Waals surface area contributed by atoms with Crippen molar-refractivity contribution in [3.8, 4) is 0 Å². The molecule has 28 heavy (non-hydrogen) atoms. The van der Waals surface area contributed by atoms with Crippen LogP contribution in [0.3, 0.4) is 0 Å². The molecule has 1 heterocycles. The molecule has 1 aliphatic carbocycles. The van der Waals surface area contributed by atoms with Crippen molar-refractivity contribution in [1.29, 1.82) is 0 Å². The third-order valence-corrected chi connectivity index (χ3v) is 6.18. The molecule has 152 valence electrons. The zero-order valence-corrected chi connectivity index (χ0v) is 16.9. The second-order valence-electron chi connectivity index (χ2n) is 8.10. The van der Waals surface area contributed by atoms with Gasteiger partial charge in [-0.25, -0.2) is 4.79 Å². The van der Waals surface area contributed by atoms with Gasteiger partial charge < -0.3 is 15.0 Å². The summed E-state index contributed by atoms with van der Waals surface area (Å²) in [5.74, 6) is 0.132. The van der Waals surface area contributed by atoms with E-state index in [9.17, 15) is 14.4 Å². The average Bonchev–Trinajstić information content (AvgIpc) is 3.11. The third kappa shape index (κ3) is 4.37. The highest BCUT2D eigenvalue weighted by molar-refractivity contribution is 6.04. The van der Waals surface area contributed by atoms with Gasteiger partial charge >= 0.3 is 5.97 Å². The first-order valence-corrected chi connectivity index (χ1v) is 10.3. The van der Waals surface area contributed by atoms with E-state index in [2.05, 4.69) is 19.2 Å². The number of amides is 2. The molecule has 1 saturated carbocycles. The Morgan fingerprint density at radius 1 is 1.18 bits per heavy atom. The Labute approximate surface area is 166 Å². The molecule has 4 atom stereocenters. The highest BCUT2D eigenvalue weighted by Gasteiger charge is 2.31. The molecule has 1 aromatic carbocycles. The summed E-state index contributed by atoms with van der Waals surface area (Å²) >= 11 is 0. The number of nitrogens with one attached hydrogen (secondary N) is 1. The summed E-state index contributed by atoms with van der Waals surface area (Å²) in [4.78, 5) is 39.0. The molecule has 1 saturated heterocycles. The van der Waals surface area contributed by atoms with Gasteiger partial charge in [0.25, 0.3) is 5.91 Å². The number of rotatable bonds is 5. The second-order valence-corrected chi connectivity index (χ2v) is 8.10. The Morgan fingerprint density at radius 2 is 1.93 bits per heavy atom. The van der Waals surface area contributed by atoms with Crippen LogP contribution < -0.4 is 10.2 Å². The minimum absolute atomic E-state index is 0.00597. The van der Waals surface area contributed by atoms with Crippen LogP contribution >= 0.6 is 0 Å². The Bertz CT molecular complexity index is 748. The summed E-state index contributed by atoms with van der Waals surface area (Å²) in [5.41, 5.74) is 0.870. The minimum atomic E-state index is -0.890. The number of carbonyl (C=O) groups excluding carboxylic acids is 3. The Kier molecular flexibility index (Phi) is 6.37. The smallest absolute Gasteiger partial charge is 0.341 e. The van der Waals surface area contributed by atoms with E-state index < -0.39 is 12.1 Å². The lowest BCUT2D eigenvalue weighted by Crippen LogP contribution is -2.47. The lowest BCUT2D eigenvalue weighted by atomic mass is 9.78. The average molecular weight is 386 g/mol. The first kappa shape index (κ1) is 20.4. The van der Waals surface area contributed by atoms with Crippen LogP contribution in [-0.2, 0) is 14.3 Å². The molecule has 2 aliphatic rings. The van der Waals surface area contributed by atoms with Crippen molar-refractivity contribution in [2.75, 3.05) is 11.4 Å². The predicted molar refractivity (Wildman–Crippen MR) is 107 cm³/mol. The molecule has 1 aromatic rings. The van der Waals surface area contributed by atoms with Gasteiger partial charge in [0.1, 0.15) is 0 Å². The molecule has 3 rings (SSSR count). The molecule has 0 radical (unpaired) electrons. The Hall–Kier alpha value is -2.37. The Morgan fingerprint density at radius 3 is 2.64 bits per heavy atom. The summed E-state index contributed by atoms with van der Waals surface area (Å²) < 4.78 is 5.45. The number of benzene rings is 1. The van der Waals surface area contributed by atoms with E-state index in [1.807, 2.05) is 0 Å². The van der Waals surface area contributed by atoms with Crippen LogP contribution in [0.4, 0.5) is 5.69 Å². The second kappa shape index (κ2) is 8.76. The molecule has 1 aliphatic heterocycles. The molecule has 2 fully saturated rings. The van der Waals surface area contributed by atoms with Gasteiger partial charge in [-0.1, -0.05) is 38.8 Å². The minimum Gasteiger partial charge on any atom is -0.449 e. The van der Waals surface area contributed by atoms with E-state index >= 15 is 0 Å². The monoisotopic (exact) mass is 386 g/mol. The zero-order chi connectivity index (χ0) is 20.3. The van der Waals surface area contributed by atoms with Crippen LogP contribution in [0.25, 0.3) is 0 Å². The van der Waals surface area contributed by atoms with E-state index in [-0.39, 0.29) is 17.9 Å². The topological polar surface area (TPSA) is 75.7 Å². The molecular weight excluding hydrogens is 356 g/mol. The van der Waals surface area contributed by atoms with Gasteiger partial charge in [0, 0.05) is 19.0 Å². The summed E-state index contributed by atoms with van der Waals surface area (Å²) in [6.07, 6.45) is 3.61. The fraction of sp³-hybridized carbons (Fsp3) is 0.591. The number of esters is 1. The maximum absolute atomic E-state index is 12.7. The van der Waals surface area contributed by atoms with E-state index in [0.717, 1.165) is 19.3 Å². The summed E-state index contributed by atoms with van der Waals surface area (Å²) in [7, 11) is 0. The SMILES string of the molecule is C[C@H]1[C@@H](NC(=O)[C@@H](C)OC(=O)c2ccccc2N2CCCC2=O)CCC[C@@H]1C. The number of nitrogens with zero attached hydrogens (tertiary/aromatic N) is 1. The number of para-hydroxylation sites is 1. The normalized spacial score (nSPS) is 26.0. The van der Waals surface area contributed by atoms with Gasteiger partial charge in [0.15, 0.2) is 6.10 Å². The van der Waals surface area contributed by atoms with Crippen LogP contribution in [-0.4, -0.2) is 36.5 Å². The zero-order valence-electron chi connectivity index (χ0n) is 16.9. The van der Waals surface area contributed by atoms with E-state index in [0.29, 0.717) is 36.1 Å². The fourth-order valence-corrected chi connectivity index (χ4v) is 4.15. The van der Waals surface area contributed by atoms with Gasteiger partial charge in [0.05, 0.1) is 11.3 Å². The number of anilines is 1. The van der Waals surface area contributed by atoms with Gasteiger partial charge in [-0.15, -0.1) is 0 Å². The highest BCUT2D eigenvalue weighted by atomic mass is 16.5. The quantitative estimate of drug-likeness (QED) is 0.788. The van der Waals surface area contributed by atoms with Gasteiger partial charge in [-0.05, 0) is 43.7 Å². The maximum Gasteiger partial charge on any atom is 0.341 e.